The molecule has 1 amide bonds. The molecule has 0 saturated carbocycles. The van der Waals surface area contributed by atoms with Gasteiger partial charge in [0.15, 0.2) is 0 Å². The highest BCUT2D eigenvalue weighted by molar-refractivity contribution is 9.10. The highest BCUT2D eigenvalue weighted by Gasteiger charge is 2.10. The summed E-state index contributed by atoms with van der Waals surface area (Å²) in [5, 5.41) is 3.37. The highest BCUT2D eigenvalue weighted by Crippen LogP contribution is 2.26. The predicted octanol–water partition coefficient (Wildman–Crippen LogP) is 4.95. The van der Waals surface area contributed by atoms with Crippen molar-refractivity contribution in [3.8, 4) is 0 Å². The van der Waals surface area contributed by atoms with Crippen LogP contribution in [0.2, 0.25) is 5.02 Å². The number of hydrogen-bond acceptors (Lipinski definition) is 2. The smallest absolute Gasteiger partial charge is 0.255 e. The topological polar surface area (TPSA) is 29.1 Å². The number of aryl methyl sites for hydroxylation is 1. The van der Waals surface area contributed by atoms with E-state index in [1.165, 1.54) is 0 Å². The molecule has 0 heterocycles. The van der Waals surface area contributed by atoms with Crippen LogP contribution in [0.5, 0.6) is 0 Å². The first-order valence-electron chi connectivity index (χ1n) is 5.53. The second kappa shape index (κ2) is 5.99. The average Bonchev–Trinajstić information content (AvgIpc) is 2.36. The lowest BCUT2D eigenvalue weighted by molar-refractivity contribution is 0.102. The lowest BCUT2D eigenvalue weighted by atomic mass is 10.1. The molecule has 0 aliphatic rings. The Bertz CT molecular complexity index is 645. The van der Waals surface area contributed by atoms with E-state index >= 15 is 0 Å². The van der Waals surface area contributed by atoms with Gasteiger partial charge in [-0.1, -0.05) is 17.7 Å². The van der Waals surface area contributed by atoms with E-state index in [0.29, 0.717) is 16.3 Å². The van der Waals surface area contributed by atoms with Crippen LogP contribution in [-0.4, -0.2) is 5.91 Å². The monoisotopic (exact) mass is 355 g/mol. The number of nitrogens with one attached hydrogen (secondary N) is 1. The molecule has 0 saturated heterocycles. The Balaban J connectivity index is 2.25. The summed E-state index contributed by atoms with van der Waals surface area (Å²) in [6.07, 6.45) is 0. The molecular formula is C14H11BrClNOS. The van der Waals surface area contributed by atoms with Crippen LogP contribution >= 0.6 is 40.2 Å². The van der Waals surface area contributed by atoms with Gasteiger partial charge in [0.05, 0.1) is 5.02 Å². The fraction of sp³-hybridized carbons (Fsp3) is 0.0714. The number of hydrogen-bond donors (Lipinski definition) is 2. The molecule has 1 N–H and O–H groups in total. The third-order valence-electron chi connectivity index (χ3n) is 2.64. The van der Waals surface area contributed by atoms with Gasteiger partial charge in [-0.25, -0.2) is 0 Å². The van der Waals surface area contributed by atoms with E-state index in [1.807, 2.05) is 19.1 Å². The van der Waals surface area contributed by atoms with E-state index in [4.69, 9.17) is 11.6 Å². The van der Waals surface area contributed by atoms with Crippen LogP contribution in [0.25, 0.3) is 0 Å². The Hall–Kier alpha value is -0.970. The minimum atomic E-state index is -0.174. The van der Waals surface area contributed by atoms with Crippen LogP contribution < -0.4 is 5.32 Å². The summed E-state index contributed by atoms with van der Waals surface area (Å²) in [6.45, 7) is 1.89. The molecule has 0 aliphatic carbocycles. The lowest BCUT2D eigenvalue weighted by Gasteiger charge is -2.09. The Morgan fingerprint density at radius 1 is 1.26 bits per heavy atom. The van der Waals surface area contributed by atoms with Crippen molar-refractivity contribution in [3.63, 3.8) is 0 Å². The Kier molecular flexibility index (Phi) is 4.55. The van der Waals surface area contributed by atoms with E-state index in [1.54, 1.807) is 24.3 Å². The summed E-state index contributed by atoms with van der Waals surface area (Å²) in [6, 6.07) is 10.7. The number of benzene rings is 2. The molecule has 0 bridgehead atoms. The second-order valence-electron chi connectivity index (χ2n) is 4.08. The Morgan fingerprint density at radius 3 is 2.68 bits per heavy atom. The standard InChI is InChI=1S/C14H11BrClNOS/c1-8-2-4-10(19)7-11(8)14(18)17-9-3-5-12(15)13(16)6-9/h2-7,19H,1H3,(H,17,18). The fourth-order valence-electron chi connectivity index (χ4n) is 1.63. The zero-order chi connectivity index (χ0) is 14.0. The molecule has 0 atom stereocenters. The molecule has 0 aromatic heterocycles. The van der Waals surface area contributed by atoms with Crippen LogP contribution in [-0.2, 0) is 0 Å². The summed E-state index contributed by atoms with van der Waals surface area (Å²) in [5.74, 6) is -0.174. The largest absolute Gasteiger partial charge is 0.322 e. The summed E-state index contributed by atoms with van der Waals surface area (Å²) in [4.78, 5) is 12.9. The normalized spacial score (nSPS) is 10.3. The molecular weight excluding hydrogens is 346 g/mol. The molecule has 5 heteroatoms. The van der Waals surface area contributed by atoms with Crippen LogP contribution in [0.1, 0.15) is 15.9 Å². The highest BCUT2D eigenvalue weighted by atomic mass is 79.9. The summed E-state index contributed by atoms with van der Waals surface area (Å²) < 4.78 is 0.792. The summed E-state index contributed by atoms with van der Waals surface area (Å²) >= 11 is 13.5. The number of halogens is 2. The first-order valence-corrected chi connectivity index (χ1v) is 7.15. The van der Waals surface area contributed by atoms with Crippen molar-refractivity contribution in [1.82, 2.24) is 0 Å². The first kappa shape index (κ1) is 14.4. The quantitative estimate of drug-likeness (QED) is 0.732. The number of carbonyl (C=O) groups is 1. The van der Waals surface area contributed by atoms with E-state index in [9.17, 15) is 4.79 Å². The zero-order valence-electron chi connectivity index (χ0n) is 10.1. The van der Waals surface area contributed by atoms with Gasteiger partial charge in [0.1, 0.15) is 0 Å². The molecule has 0 spiro atoms. The third kappa shape index (κ3) is 3.53. The molecule has 2 nitrogen and oxygen atoms in total. The van der Waals surface area contributed by atoms with Gasteiger partial charge in [0.25, 0.3) is 5.91 Å². The number of carbonyl (C=O) groups excluding carboxylic acids is 1. The molecule has 0 aliphatic heterocycles. The summed E-state index contributed by atoms with van der Waals surface area (Å²) in [5.41, 5.74) is 2.16. The third-order valence-corrected chi connectivity index (χ3v) is 4.15. The van der Waals surface area contributed by atoms with Crippen molar-refractivity contribution in [3.05, 3.63) is 57.0 Å². The molecule has 2 rings (SSSR count). The van der Waals surface area contributed by atoms with Gasteiger partial charge in [-0.15, -0.1) is 12.6 Å². The molecule has 2 aromatic carbocycles. The number of anilines is 1. The van der Waals surface area contributed by atoms with E-state index < -0.39 is 0 Å². The molecule has 0 fully saturated rings. The van der Waals surface area contributed by atoms with Crippen LogP contribution in [0.4, 0.5) is 5.69 Å². The van der Waals surface area contributed by atoms with Crippen molar-refractivity contribution in [2.75, 3.05) is 5.32 Å². The fourth-order valence-corrected chi connectivity index (χ4v) is 2.26. The molecule has 0 radical (unpaired) electrons. The predicted molar refractivity (Wildman–Crippen MR) is 85.5 cm³/mol. The Morgan fingerprint density at radius 2 is 2.00 bits per heavy atom. The minimum absolute atomic E-state index is 0.174. The molecule has 0 unspecified atom stereocenters. The maximum Gasteiger partial charge on any atom is 0.255 e. The summed E-state index contributed by atoms with van der Waals surface area (Å²) in [7, 11) is 0. The maximum absolute atomic E-state index is 12.2. The van der Waals surface area contributed by atoms with E-state index in [2.05, 4.69) is 33.9 Å². The van der Waals surface area contributed by atoms with Crippen molar-refractivity contribution in [2.24, 2.45) is 0 Å². The van der Waals surface area contributed by atoms with Gasteiger partial charge in [0, 0.05) is 20.6 Å². The average molecular weight is 357 g/mol. The van der Waals surface area contributed by atoms with Crippen LogP contribution in [0.15, 0.2) is 45.8 Å². The van der Waals surface area contributed by atoms with E-state index in [-0.39, 0.29) is 5.91 Å². The van der Waals surface area contributed by atoms with E-state index in [0.717, 1.165) is 14.9 Å². The van der Waals surface area contributed by atoms with Gasteiger partial charge in [-0.05, 0) is 58.7 Å². The first-order chi connectivity index (χ1) is 8.97. The van der Waals surface area contributed by atoms with Crippen molar-refractivity contribution < 1.29 is 4.79 Å². The van der Waals surface area contributed by atoms with Crippen molar-refractivity contribution >= 4 is 51.8 Å². The molecule has 98 valence electrons. The second-order valence-corrected chi connectivity index (χ2v) is 5.86. The van der Waals surface area contributed by atoms with Gasteiger partial charge in [-0.3, -0.25) is 4.79 Å². The molecule has 19 heavy (non-hydrogen) atoms. The molecule has 2 aromatic rings. The van der Waals surface area contributed by atoms with Gasteiger partial charge in [-0.2, -0.15) is 0 Å². The SMILES string of the molecule is Cc1ccc(S)cc1C(=O)Nc1ccc(Br)c(Cl)c1. The van der Waals surface area contributed by atoms with Crippen molar-refractivity contribution in [1.29, 1.82) is 0 Å². The van der Waals surface area contributed by atoms with Gasteiger partial charge >= 0.3 is 0 Å². The number of rotatable bonds is 2. The van der Waals surface area contributed by atoms with Crippen LogP contribution in [0.3, 0.4) is 0 Å². The Labute approximate surface area is 130 Å². The van der Waals surface area contributed by atoms with Crippen LogP contribution in [0, 0.1) is 6.92 Å². The zero-order valence-corrected chi connectivity index (χ0v) is 13.3. The minimum Gasteiger partial charge on any atom is -0.322 e. The maximum atomic E-state index is 12.2. The number of amides is 1. The van der Waals surface area contributed by atoms with Crippen molar-refractivity contribution in [2.45, 2.75) is 11.8 Å². The van der Waals surface area contributed by atoms with Gasteiger partial charge < -0.3 is 5.32 Å². The van der Waals surface area contributed by atoms with Gasteiger partial charge in [0.2, 0.25) is 0 Å². The number of thiol groups is 1. The lowest BCUT2D eigenvalue weighted by Crippen LogP contribution is -2.13.